The molecule has 0 N–H and O–H groups in total. The Hall–Kier alpha value is -3.19. The highest BCUT2D eigenvalue weighted by Crippen LogP contribution is 2.34. The summed E-state index contributed by atoms with van der Waals surface area (Å²) in [5.74, 6) is -0.0458. The molecule has 2 aromatic carbocycles. The minimum Gasteiger partial charge on any atom is -0.491 e. The number of thiophene rings is 1. The number of benzene rings is 2. The zero-order chi connectivity index (χ0) is 25.8. The first-order valence-electron chi connectivity index (χ1n) is 12.4. The number of rotatable bonds is 8. The monoisotopic (exact) mass is 508 g/mol. The van der Waals surface area contributed by atoms with E-state index in [1.54, 1.807) is 23.5 Å². The zero-order valence-corrected chi connectivity index (χ0v) is 22.1. The minimum atomic E-state index is -0.587. The molecule has 0 spiro atoms. The number of hydrogen-bond acceptors (Lipinski definition) is 4. The molecular weight excluding hydrogens is 475 g/mol. The van der Waals surface area contributed by atoms with Gasteiger partial charge >= 0.3 is 0 Å². The number of carbonyl (C=O) groups excluding carboxylic acids is 2. The number of fused-ring (bicyclic) bond motifs is 1. The summed E-state index contributed by atoms with van der Waals surface area (Å²) in [6.07, 6.45) is 0.765. The Labute approximate surface area is 216 Å². The number of hydrogen-bond donors (Lipinski definition) is 0. The lowest BCUT2D eigenvalue weighted by molar-refractivity contribution is -0.136. The highest BCUT2D eigenvalue weighted by molar-refractivity contribution is 7.10. The molecule has 1 unspecified atom stereocenters. The van der Waals surface area contributed by atoms with Crippen LogP contribution in [0.2, 0.25) is 0 Å². The first-order valence-corrected chi connectivity index (χ1v) is 13.3. The van der Waals surface area contributed by atoms with Gasteiger partial charge in [-0.25, -0.2) is 4.39 Å². The SMILES string of the molecule is CC(C)c1ccc(OCC2c3ccsc3CCN2C(=O)CN(C(=O)c2ccccc2F)C(C)C)cc1. The standard InChI is InChI=1S/C29H33FN2O3S/c1-19(2)21-9-11-22(12-10-21)35-18-26-24-14-16-36-27(24)13-15-31(26)28(33)17-32(20(3)4)29(34)23-7-5-6-8-25(23)30/h5-12,14,16,19-20,26H,13,15,17-18H2,1-4H3. The molecular formula is C29H33FN2O3S. The third-order valence-corrected chi connectivity index (χ3v) is 7.66. The molecule has 0 bridgehead atoms. The highest BCUT2D eigenvalue weighted by Gasteiger charge is 2.34. The highest BCUT2D eigenvalue weighted by atomic mass is 32.1. The van der Waals surface area contributed by atoms with Crippen molar-refractivity contribution in [2.45, 2.75) is 52.1 Å². The van der Waals surface area contributed by atoms with Gasteiger partial charge in [-0.1, -0.05) is 38.1 Å². The Kier molecular flexibility index (Phi) is 8.09. The van der Waals surface area contributed by atoms with Crippen LogP contribution in [0.4, 0.5) is 4.39 Å². The maximum Gasteiger partial charge on any atom is 0.257 e. The van der Waals surface area contributed by atoms with Gasteiger partial charge < -0.3 is 14.5 Å². The van der Waals surface area contributed by atoms with Gasteiger partial charge in [-0.05, 0) is 73.0 Å². The Morgan fingerprint density at radius 1 is 1.08 bits per heavy atom. The van der Waals surface area contributed by atoms with Crippen LogP contribution in [0.25, 0.3) is 0 Å². The summed E-state index contributed by atoms with van der Waals surface area (Å²) in [7, 11) is 0. The molecule has 0 radical (unpaired) electrons. The van der Waals surface area contributed by atoms with Crippen LogP contribution in [0.1, 0.15) is 66.0 Å². The second-order valence-electron chi connectivity index (χ2n) is 9.69. The summed E-state index contributed by atoms with van der Waals surface area (Å²) < 4.78 is 20.5. The van der Waals surface area contributed by atoms with Gasteiger partial charge in [0.25, 0.3) is 5.91 Å². The largest absolute Gasteiger partial charge is 0.491 e. The van der Waals surface area contributed by atoms with Crippen LogP contribution in [0, 0.1) is 5.82 Å². The lowest BCUT2D eigenvalue weighted by Gasteiger charge is -2.37. The van der Waals surface area contributed by atoms with E-state index in [0.29, 0.717) is 19.1 Å². The molecule has 2 heterocycles. The van der Waals surface area contributed by atoms with Crippen LogP contribution in [0.15, 0.2) is 60.0 Å². The van der Waals surface area contributed by atoms with Gasteiger partial charge in [-0.3, -0.25) is 9.59 Å². The van der Waals surface area contributed by atoms with E-state index in [9.17, 15) is 14.0 Å². The number of nitrogens with zero attached hydrogens (tertiary/aromatic N) is 2. The Bertz CT molecular complexity index is 1210. The van der Waals surface area contributed by atoms with E-state index in [1.807, 2.05) is 36.3 Å². The molecule has 36 heavy (non-hydrogen) atoms. The third kappa shape index (κ3) is 5.62. The van der Waals surface area contributed by atoms with Gasteiger partial charge in [-0.15, -0.1) is 11.3 Å². The van der Waals surface area contributed by atoms with Crippen LogP contribution in [0.3, 0.4) is 0 Å². The predicted molar refractivity (Wildman–Crippen MR) is 141 cm³/mol. The molecule has 7 heteroatoms. The van der Waals surface area contributed by atoms with E-state index in [1.165, 1.54) is 27.5 Å². The molecule has 5 nitrogen and oxygen atoms in total. The molecule has 1 atom stereocenters. The molecule has 1 aromatic heterocycles. The predicted octanol–water partition coefficient (Wildman–Crippen LogP) is 6.07. The van der Waals surface area contributed by atoms with E-state index in [0.717, 1.165) is 17.7 Å². The molecule has 190 valence electrons. The second-order valence-corrected chi connectivity index (χ2v) is 10.7. The number of halogens is 1. The van der Waals surface area contributed by atoms with E-state index in [4.69, 9.17) is 4.74 Å². The maximum atomic E-state index is 14.3. The molecule has 3 aromatic rings. The van der Waals surface area contributed by atoms with Gasteiger partial charge in [0, 0.05) is 17.5 Å². The Morgan fingerprint density at radius 2 is 1.81 bits per heavy atom. The molecule has 0 aliphatic carbocycles. The van der Waals surface area contributed by atoms with Crippen LogP contribution in [-0.2, 0) is 11.2 Å². The molecule has 0 fully saturated rings. The number of carbonyl (C=O) groups is 2. The lowest BCUT2D eigenvalue weighted by atomic mass is 10.00. The fraction of sp³-hybridized carbons (Fsp3) is 0.379. The van der Waals surface area contributed by atoms with Gasteiger partial charge in [0.1, 0.15) is 24.7 Å². The minimum absolute atomic E-state index is 0.0255. The first kappa shape index (κ1) is 25.9. The van der Waals surface area contributed by atoms with E-state index < -0.39 is 11.7 Å². The van der Waals surface area contributed by atoms with Crippen molar-refractivity contribution in [3.05, 3.63) is 87.4 Å². The molecule has 1 aliphatic rings. The van der Waals surface area contributed by atoms with Crippen LogP contribution in [-0.4, -0.2) is 47.4 Å². The Balaban J connectivity index is 1.52. The van der Waals surface area contributed by atoms with Crippen molar-refractivity contribution < 1.29 is 18.7 Å². The summed E-state index contributed by atoms with van der Waals surface area (Å²) in [4.78, 5) is 31.2. The van der Waals surface area contributed by atoms with Gasteiger partial charge in [0.15, 0.2) is 0 Å². The van der Waals surface area contributed by atoms with Gasteiger partial charge in [0.2, 0.25) is 5.91 Å². The van der Waals surface area contributed by atoms with Crippen molar-refractivity contribution in [3.8, 4) is 5.75 Å². The summed E-state index contributed by atoms with van der Waals surface area (Å²) in [5.41, 5.74) is 2.31. The third-order valence-electron chi connectivity index (χ3n) is 6.66. The van der Waals surface area contributed by atoms with Crippen LogP contribution >= 0.6 is 11.3 Å². The van der Waals surface area contributed by atoms with Crippen molar-refractivity contribution in [1.82, 2.24) is 9.80 Å². The van der Waals surface area contributed by atoms with Crippen LogP contribution < -0.4 is 4.74 Å². The molecule has 1 aliphatic heterocycles. The number of ether oxygens (including phenoxy) is 1. The average Bonchev–Trinajstić information content (AvgIpc) is 3.35. The van der Waals surface area contributed by atoms with E-state index in [-0.39, 0.29) is 30.1 Å². The van der Waals surface area contributed by atoms with E-state index >= 15 is 0 Å². The zero-order valence-electron chi connectivity index (χ0n) is 21.2. The number of amides is 2. The fourth-order valence-corrected chi connectivity index (χ4v) is 5.44. The van der Waals surface area contributed by atoms with Crippen molar-refractivity contribution in [1.29, 1.82) is 0 Å². The first-order chi connectivity index (χ1) is 17.3. The summed E-state index contributed by atoms with van der Waals surface area (Å²) in [6, 6.07) is 15.5. The molecule has 2 amide bonds. The van der Waals surface area contributed by atoms with Crippen LogP contribution in [0.5, 0.6) is 5.75 Å². The van der Waals surface area contributed by atoms with Crippen molar-refractivity contribution >= 4 is 23.2 Å². The quantitative estimate of drug-likeness (QED) is 0.371. The van der Waals surface area contributed by atoms with Crippen molar-refractivity contribution in [3.63, 3.8) is 0 Å². The average molecular weight is 509 g/mol. The molecule has 4 rings (SSSR count). The second kappa shape index (κ2) is 11.2. The van der Waals surface area contributed by atoms with Crippen molar-refractivity contribution in [2.75, 3.05) is 19.7 Å². The van der Waals surface area contributed by atoms with Crippen molar-refractivity contribution in [2.24, 2.45) is 0 Å². The van der Waals surface area contributed by atoms with Gasteiger partial charge in [-0.2, -0.15) is 0 Å². The van der Waals surface area contributed by atoms with Gasteiger partial charge in [0.05, 0.1) is 11.6 Å². The molecule has 0 saturated heterocycles. The normalized spacial score (nSPS) is 15.2. The Morgan fingerprint density at radius 3 is 2.47 bits per heavy atom. The smallest absolute Gasteiger partial charge is 0.257 e. The fourth-order valence-electron chi connectivity index (χ4n) is 4.51. The summed E-state index contributed by atoms with van der Waals surface area (Å²) in [5, 5.41) is 2.05. The van der Waals surface area contributed by atoms with E-state index in [2.05, 4.69) is 32.0 Å². The topological polar surface area (TPSA) is 49.9 Å². The molecule has 0 saturated carbocycles. The summed E-state index contributed by atoms with van der Waals surface area (Å²) in [6.45, 7) is 8.71. The summed E-state index contributed by atoms with van der Waals surface area (Å²) >= 11 is 1.69. The maximum absolute atomic E-state index is 14.3. The lowest BCUT2D eigenvalue weighted by Crippen LogP contribution is -2.49.